The lowest BCUT2D eigenvalue weighted by Gasteiger charge is -2.07. The van der Waals surface area contributed by atoms with Crippen LogP contribution in [0.25, 0.3) is 0 Å². The molecule has 24 heavy (non-hydrogen) atoms. The summed E-state index contributed by atoms with van der Waals surface area (Å²) < 4.78 is 0. The molecule has 0 aromatic heterocycles. The topological polar surface area (TPSA) is 92.4 Å². The maximum Gasteiger partial charge on any atom is 0.320 e. The molecule has 0 aliphatic heterocycles. The van der Waals surface area contributed by atoms with E-state index in [2.05, 4.69) is 11.9 Å². The van der Waals surface area contributed by atoms with Crippen LogP contribution in [0.4, 0.5) is 0 Å². The van der Waals surface area contributed by atoms with Gasteiger partial charge in [0.1, 0.15) is 6.04 Å². The van der Waals surface area contributed by atoms with Crippen molar-refractivity contribution >= 4 is 11.9 Å². The molecule has 0 aromatic carbocycles. The van der Waals surface area contributed by atoms with Gasteiger partial charge >= 0.3 is 5.97 Å². The number of hydrogen-bond donors (Lipinski definition) is 3. The van der Waals surface area contributed by atoms with Gasteiger partial charge in [-0.3, -0.25) is 9.59 Å². The summed E-state index contributed by atoms with van der Waals surface area (Å²) in [7, 11) is 0. The van der Waals surface area contributed by atoms with Crippen molar-refractivity contribution in [1.29, 1.82) is 0 Å². The largest absolute Gasteiger partial charge is 0.480 e. The second kappa shape index (κ2) is 16.5. The highest BCUT2D eigenvalue weighted by molar-refractivity contribution is 5.75. The Hall–Kier alpha value is -1.36. The summed E-state index contributed by atoms with van der Waals surface area (Å²) in [5.41, 5.74) is 5.41. The maximum atomic E-state index is 11.6. The summed E-state index contributed by atoms with van der Waals surface area (Å²) in [4.78, 5) is 22.2. The van der Waals surface area contributed by atoms with Gasteiger partial charge in [-0.1, -0.05) is 44.6 Å². The van der Waals surface area contributed by atoms with Crippen LogP contribution in [-0.2, 0) is 9.59 Å². The fourth-order valence-corrected chi connectivity index (χ4v) is 2.56. The maximum absolute atomic E-state index is 11.6. The Labute approximate surface area is 147 Å². The molecule has 0 unspecified atom stereocenters. The van der Waals surface area contributed by atoms with Crippen molar-refractivity contribution in [2.75, 3.05) is 6.54 Å². The van der Waals surface area contributed by atoms with Crippen LogP contribution in [0, 0.1) is 0 Å². The molecule has 0 aliphatic rings. The number of unbranched alkanes of at least 4 members (excludes halogenated alkanes) is 9. The average Bonchev–Trinajstić information content (AvgIpc) is 2.55. The summed E-state index contributed by atoms with van der Waals surface area (Å²) in [6.07, 6.45) is 15.4. The molecule has 5 nitrogen and oxygen atoms in total. The summed E-state index contributed by atoms with van der Waals surface area (Å²) in [5, 5.41) is 11.5. The summed E-state index contributed by atoms with van der Waals surface area (Å²) in [6.45, 7) is 4.33. The Morgan fingerprint density at radius 3 is 2.12 bits per heavy atom. The van der Waals surface area contributed by atoms with Crippen LogP contribution in [0.15, 0.2) is 12.7 Å². The monoisotopic (exact) mass is 340 g/mol. The quantitative estimate of drug-likeness (QED) is 0.277. The minimum Gasteiger partial charge on any atom is -0.480 e. The van der Waals surface area contributed by atoms with E-state index < -0.39 is 12.0 Å². The van der Waals surface area contributed by atoms with Crippen LogP contribution in [0.2, 0.25) is 0 Å². The summed E-state index contributed by atoms with van der Waals surface area (Å²) >= 11 is 0. The number of amides is 1. The number of carbonyl (C=O) groups excluding carboxylic acids is 1. The van der Waals surface area contributed by atoms with Crippen molar-refractivity contribution in [3.8, 4) is 0 Å². The molecule has 1 atom stereocenters. The highest BCUT2D eigenvalue weighted by atomic mass is 16.4. The third kappa shape index (κ3) is 15.5. The van der Waals surface area contributed by atoms with Crippen LogP contribution in [0.3, 0.4) is 0 Å². The van der Waals surface area contributed by atoms with Crippen molar-refractivity contribution in [3.63, 3.8) is 0 Å². The lowest BCUT2D eigenvalue weighted by molar-refractivity contribution is -0.138. The third-order valence-electron chi connectivity index (χ3n) is 4.14. The number of carboxylic acid groups (broad SMARTS) is 1. The lowest BCUT2D eigenvalue weighted by Crippen LogP contribution is -2.30. The predicted molar refractivity (Wildman–Crippen MR) is 98.8 cm³/mol. The summed E-state index contributed by atoms with van der Waals surface area (Å²) in [5.74, 6) is -0.863. The molecule has 4 N–H and O–H groups in total. The van der Waals surface area contributed by atoms with Gasteiger partial charge in [0.2, 0.25) is 5.91 Å². The number of rotatable bonds is 17. The fourth-order valence-electron chi connectivity index (χ4n) is 2.56. The zero-order valence-electron chi connectivity index (χ0n) is 15.1. The zero-order chi connectivity index (χ0) is 18.0. The molecule has 1 amide bonds. The minimum atomic E-state index is -0.962. The van der Waals surface area contributed by atoms with E-state index in [9.17, 15) is 9.59 Å². The van der Waals surface area contributed by atoms with Gasteiger partial charge in [0.25, 0.3) is 0 Å². The number of carbonyl (C=O) groups is 2. The summed E-state index contributed by atoms with van der Waals surface area (Å²) in [6, 6.07) is -0.789. The van der Waals surface area contributed by atoms with Gasteiger partial charge in [-0.25, -0.2) is 0 Å². The number of aliphatic carboxylic acids is 1. The molecule has 0 heterocycles. The van der Waals surface area contributed by atoms with E-state index in [1.54, 1.807) is 0 Å². The molecular formula is C19H36N2O3. The molecular weight excluding hydrogens is 304 g/mol. The second-order valence-corrected chi connectivity index (χ2v) is 6.45. The first kappa shape index (κ1) is 22.6. The van der Waals surface area contributed by atoms with E-state index in [-0.39, 0.29) is 5.91 Å². The standard InChI is InChI=1S/C19H36N2O3/c1-2-3-4-5-6-7-8-9-10-11-15-18(22)21-16-13-12-14-17(20)19(23)24/h2,17H,1,3-16,20H2,(H,21,22)(H,23,24)/t17-/m0/s1. The minimum absolute atomic E-state index is 0.0990. The van der Waals surface area contributed by atoms with Gasteiger partial charge in [-0.2, -0.15) is 0 Å². The Bertz CT molecular complexity index is 346. The lowest BCUT2D eigenvalue weighted by atomic mass is 10.1. The highest BCUT2D eigenvalue weighted by Gasteiger charge is 2.10. The van der Waals surface area contributed by atoms with Crippen LogP contribution in [-0.4, -0.2) is 29.6 Å². The van der Waals surface area contributed by atoms with E-state index in [1.165, 1.54) is 38.5 Å². The van der Waals surface area contributed by atoms with Gasteiger partial charge in [-0.05, 0) is 38.5 Å². The molecule has 0 spiro atoms. The van der Waals surface area contributed by atoms with Gasteiger partial charge in [0.15, 0.2) is 0 Å². The van der Waals surface area contributed by atoms with E-state index >= 15 is 0 Å². The zero-order valence-corrected chi connectivity index (χ0v) is 15.1. The number of hydrogen-bond acceptors (Lipinski definition) is 3. The highest BCUT2D eigenvalue weighted by Crippen LogP contribution is 2.10. The SMILES string of the molecule is C=CCCCCCCCCCCC(=O)NCCCC[C@H](N)C(=O)O. The molecule has 0 rings (SSSR count). The second-order valence-electron chi connectivity index (χ2n) is 6.45. The Balaban J connectivity index is 3.26. The molecule has 0 aromatic rings. The number of nitrogens with one attached hydrogen (secondary N) is 1. The van der Waals surface area contributed by atoms with Crippen molar-refractivity contribution in [3.05, 3.63) is 12.7 Å². The van der Waals surface area contributed by atoms with Crippen LogP contribution in [0.5, 0.6) is 0 Å². The number of allylic oxidation sites excluding steroid dienone is 1. The van der Waals surface area contributed by atoms with Crippen molar-refractivity contribution in [2.24, 2.45) is 5.73 Å². The van der Waals surface area contributed by atoms with Gasteiger partial charge in [0.05, 0.1) is 0 Å². The predicted octanol–water partition coefficient (Wildman–Crippen LogP) is 3.77. The van der Waals surface area contributed by atoms with Crippen molar-refractivity contribution in [2.45, 2.75) is 89.5 Å². The molecule has 0 bridgehead atoms. The van der Waals surface area contributed by atoms with E-state index in [0.717, 1.165) is 32.1 Å². The average molecular weight is 341 g/mol. The van der Waals surface area contributed by atoms with E-state index in [0.29, 0.717) is 19.4 Å². The van der Waals surface area contributed by atoms with E-state index in [4.69, 9.17) is 10.8 Å². The van der Waals surface area contributed by atoms with Gasteiger partial charge < -0.3 is 16.2 Å². The molecule has 5 heteroatoms. The molecule has 0 saturated heterocycles. The third-order valence-corrected chi connectivity index (χ3v) is 4.14. The smallest absolute Gasteiger partial charge is 0.320 e. The Morgan fingerprint density at radius 1 is 0.958 bits per heavy atom. The first-order valence-electron chi connectivity index (χ1n) is 9.44. The normalized spacial score (nSPS) is 11.9. The Morgan fingerprint density at radius 2 is 1.54 bits per heavy atom. The van der Waals surface area contributed by atoms with Crippen molar-refractivity contribution < 1.29 is 14.7 Å². The van der Waals surface area contributed by atoms with Crippen LogP contribution >= 0.6 is 0 Å². The van der Waals surface area contributed by atoms with Gasteiger partial charge in [0, 0.05) is 13.0 Å². The van der Waals surface area contributed by atoms with Crippen LogP contribution < -0.4 is 11.1 Å². The first-order valence-corrected chi connectivity index (χ1v) is 9.44. The number of nitrogens with two attached hydrogens (primary N) is 1. The van der Waals surface area contributed by atoms with Crippen molar-refractivity contribution in [1.82, 2.24) is 5.32 Å². The van der Waals surface area contributed by atoms with Gasteiger partial charge in [-0.15, -0.1) is 6.58 Å². The molecule has 0 radical (unpaired) electrons. The fraction of sp³-hybridized carbons (Fsp3) is 0.789. The molecule has 0 fully saturated rings. The molecule has 0 saturated carbocycles. The molecule has 140 valence electrons. The first-order chi connectivity index (χ1) is 11.6. The van der Waals surface area contributed by atoms with Crippen LogP contribution in [0.1, 0.15) is 83.5 Å². The van der Waals surface area contributed by atoms with E-state index in [1.807, 2.05) is 6.08 Å². The Kier molecular flexibility index (Phi) is 15.6. The molecule has 0 aliphatic carbocycles. The number of carboxylic acids is 1.